The fourth-order valence-electron chi connectivity index (χ4n) is 1.66. The summed E-state index contributed by atoms with van der Waals surface area (Å²) in [6.07, 6.45) is -5.12. The first-order valence-electron chi connectivity index (χ1n) is 4.65. The number of carbonyl (C=O) groups excluding carboxylic acids is 1. The molecule has 0 bridgehead atoms. The maximum atomic E-state index is 11.8. The van der Waals surface area contributed by atoms with Crippen LogP contribution in [0.2, 0.25) is 0 Å². The third kappa shape index (κ3) is 2.11. The Balaban J connectivity index is 1.85. The summed E-state index contributed by atoms with van der Waals surface area (Å²) >= 11 is 0. The minimum atomic E-state index is -4.96. The van der Waals surface area contributed by atoms with Crippen molar-refractivity contribution in [2.75, 3.05) is 19.7 Å². The summed E-state index contributed by atoms with van der Waals surface area (Å²) in [4.78, 5) is 15.4. The molecular formula is C8H9F3N2O3. The molecule has 16 heavy (non-hydrogen) atoms. The number of oxime groups is 1. The minimum Gasteiger partial charge on any atom is -0.453 e. The predicted molar refractivity (Wildman–Crippen MR) is 45.7 cm³/mol. The van der Waals surface area contributed by atoms with Gasteiger partial charge in [0.2, 0.25) is 0 Å². The smallest absolute Gasteiger partial charge is 0.453 e. The molecule has 2 heterocycles. The van der Waals surface area contributed by atoms with Gasteiger partial charge >= 0.3 is 12.1 Å². The Morgan fingerprint density at radius 2 is 2.31 bits per heavy atom. The first kappa shape index (κ1) is 11.2. The highest BCUT2D eigenvalue weighted by molar-refractivity contribution is 5.91. The second-order valence-electron chi connectivity index (χ2n) is 3.57. The summed E-state index contributed by atoms with van der Waals surface area (Å²) < 4.78 is 39.6. The molecule has 0 aromatic carbocycles. The van der Waals surface area contributed by atoms with E-state index in [2.05, 4.69) is 15.2 Å². The van der Waals surface area contributed by atoms with Gasteiger partial charge in [-0.3, -0.25) is 0 Å². The van der Waals surface area contributed by atoms with Crippen LogP contribution < -0.4 is 5.32 Å². The molecule has 0 amide bonds. The lowest BCUT2D eigenvalue weighted by atomic mass is 10.0. The van der Waals surface area contributed by atoms with Crippen LogP contribution in [-0.2, 0) is 14.4 Å². The van der Waals surface area contributed by atoms with E-state index in [0.717, 1.165) is 0 Å². The van der Waals surface area contributed by atoms with Gasteiger partial charge in [-0.05, 0) is 0 Å². The van der Waals surface area contributed by atoms with Crippen LogP contribution in [0.1, 0.15) is 0 Å². The van der Waals surface area contributed by atoms with Gasteiger partial charge in [-0.25, -0.2) is 4.79 Å². The number of esters is 1. The van der Waals surface area contributed by atoms with Crippen LogP contribution in [-0.4, -0.2) is 43.7 Å². The van der Waals surface area contributed by atoms with E-state index in [-0.39, 0.29) is 12.0 Å². The van der Waals surface area contributed by atoms with Crippen LogP contribution in [0.4, 0.5) is 13.2 Å². The Kier molecular flexibility index (Phi) is 2.75. The first-order valence-corrected chi connectivity index (χ1v) is 4.65. The lowest BCUT2D eigenvalue weighted by molar-refractivity contribution is -0.198. The van der Waals surface area contributed by atoms with Crippen molar-refractivity contribution in [2.24, 2.45) is 11.1 Å². The van der Waals surface area contributed by atoms with Crippen LogP contribution in [0, 0.1) is 5.92 Å². The molecule has 0 radical (unpaired) electrons. The predicted octanol–water partition coefficient (Wildman–Crippen LogP) is 0.0661. The van der Waals surface area contributed by atoms with Crippen LogP contribution >= 0.6 is 0 Å². The van der Waals surface area contributed by atoms with E-state index >= 15 is 0 Å². The van der Waals surface area contributed by atoms with Gasteiger partial charge in [-0.15, -0.1) is 0 Å². The third-order valence-electron chi connectivity index (χ3n) is 2.47. The number of carbonyl (C=O) groups is 1. The highest BCUT2D eigenvalue weighted by atomic mass is 19.4. The Labute approximate surface area is 88.6 Å². The topological polar surface area (TPSA) is 59.9 Å². The van der Waals surface area contributed by atoms with E-state index in [4.69, 9.17) is 4.84 Å². The number of nitrogens with one attached hydrogen (secondary N) is 1. The van der Waals surface area contributed by atoms with E-state index in [1.54, 1.807) is 0 Å². The normalized spacial score (nSPS) is 28.3. The molecule has 1 saturated heterocycles. The third-order valence-corrected chi connectivity index (χ3v) is 2.47. The van der Waals surface area contributed by atoms with Crippen molar-refractivity contribution in [3.05, 3.63) is 0 Å². The fourth-order valence-corrected chi connectivity index (χ4v) is 1.66. The second-order valence-corrected chi connectivity index (χ2v) is 3.57. The summed E-state index contributed by atoms with van der Waals surface area (Å²) in [6, 6.07) is 0. The lowest BCUT2D eigenvalue weighted by Crippen LogP contribution is -2.30. The number of nitrogens with zero attached hydrogens (tertiary/aromatic N) is 1. The van der Waals surface area contributed by atoms with Gasteiger partial charge in [-0.1, -0.05) is 5.16 Å². The number of alkyl halides is 3. The van der Waals surface area contributed by atoms with Gasteiger partial charge in [0.25, 0.3) is 0 Å². The quantitative estimate of drug-likeness (QED) is 0.691. The number of halogens is 3. The van der Waals surface area contributed by atoms with Crippen LogP contribution in [0.5, 0.6) is 0 Å². The van der Waals surface area contributed by atoms with Crippen molar-refractivity contribution in [3.63, 3.8) is 0 Å². The van der Waals surface area contributed by atoms with Crippen molar-refractivity contribution < 1.29 is 27.5 Å². The van der Waals surface area contributed by atoms with Gasteiger partial charge in [0.1, 0.15) is 18.4 Å². The van der Waals surface area contributed by atoms with Crippen molar-refractivity contribution in [2.45, 2.75) is 12.3 Å². The number of rotatable bonds is 2. The highest BCUT2D eigenvalue weighted by Crippen LogP contribution is 2.23. The van der Waals surface area contributed by atoms with Crippen molar-refractivity contribution >= 4 is 11.7 Å². The number of ether oxygens (including phenoxy) is 1. The van der Waals surface area contributed by atoms with E-state index in [9.17, 15) is 18.0 Å². The molecule has 0 unspecified atom stereocenters. The SMILES string of the molecule is O=C(OCC1=NO[C@H]2CNC[C@@H]12)C(F)(F)F. The largest absolute Gasteiger partial charge is 0.490 e. The molecule has 0 spiro atoms. The lowest BCUT2D eigenvalue weighted by Gasteiger charge is -2.09. The molecular weight excluding hydrogens is 229 g/mol. The Morgan fingerprint density at radius 3 is 3.00 bits per heavy atom. The van der Waals surface area contributed by atoms with Crippen molar-refractivity contribution in [1.82, 2.24) is 5.32 Å². The van der Waals surface area contributed by atoms with Gasteiger partial charge in [-0.2, -0.15) is 13.2 Å². The number of fused-ring (bicyclic) bond motifs is 1. The van der Waals surface area contributed by atoms with Crippen LogP contribution in [0.3, 0.4) is 0 Å². The first-order chi connectivity index (χ1) is 7.48. The zero-order chi connectivity index (χ0) is 11.8. The molecule has 0 aromatic heterocycles. The summed E-state index contributed by atoms with van der Waals surface area (Å²) in [5.41, 5.74) is 0.340. The monoisotopic (exact) mass is 238 g/mol. The molecule has 1 fully saturated rings. The molecule has 2 aliphatic heterocycles. The van der Waals surface area contributed by atoms with Crippen molar-refractivity contribution in [1.29, 1.82) is 0 Å². The van der Waals surface area contributed by atoms with Gasteiger partial charge in [0, 0.05) is 13.1 Å². The van der Waals surface area contributed by atoms with Gasteiger partial charge in [0.05, 0.1) is 5.92 Å². The molecule has 0 saturated carbocycles. The molecule has 90 valence electrons. The molecule has 2 atom stereocenters. The zero-order valence-electron chi connectivity index (χ0n) is 8.08. The zero-order valence-corrected chi connectivity index (χ0v) is 8.08. The average molecular weight is 238 g/mol. The second kappa shape index (κ2) is 3.93. The molecule has 0 aromatic rings. The van der Waals surface area contributed by atoms with E-state index < -0.39 is 18.8 Å². The minimum absolute atomic E-state index is 0.0963. The van der Waals surface area contributed by atoms with Gasteiger partial charge in [0.15, 0.2) is 0 Å². The van der Waals surface area contributed by atoms with E-state index in [0.29, 0.717) is 18.8 Å². The molecule has 5 nitrogen and oxygen atoms in total. The molecule has 8 heteroatoms. The molecule has 2 rings (SSSR count). The summed E-state index contributed by atoms with van der Waals surface area (Å²) in [5, 5.41) is 6.61. The van der Waals surface area contributed by atoms with Crippen LogP contribution in [0.25, 0.3) is 0 Å². The number of hydrogen-bond donors (Lipinski definition) is 1. The number of hydrogen-bond acceptors (Lipinski definition) is 5. The molecule has 1 N–H and O–H groups in total. The Bertz CT molecular complexity index is 329. The Morgan fingerprint density at radius 1 is 1.56 bits per heavy atom. The standard InChI is InChI=1S/C8H9F3N2O3/c9-8(10,11)7(14)15-3-5-4-1-12-2-6(4)16-13-5/h4,6,12H,1-3H2/t4-,6-/m0/s1. The maximum Gasteiger partial charge on any atom is 0.490 e. The molecule has 0 aliphatic carbocycles. The van der Waals surface area contributed by atoms with E-state index in [1.165, 1.54) is 0 Å². The van der Waals surface area contributed by atoms with Gasteiger partial charge < -0.3 is 14.9 Å². The highest BCUT2D eigenvalue weighted by Gasteiger charge is 2.43. The molecule has 2 aliphatic rings. The fraction of sp³-hybridized carbons (Fsp3) is 0.750. The summed E-state index contributed by atoms with van der Waals surface area (Å²) in [5.74, 6) is -2.30. The van der Waals surface area contributed by atoms with Crippen LogP contribution in [0.15, 0.2) is 5.16 Å². The van der Waals surface area contributed by atoms with Crippen molar-refractivity contribution in [3.8, 4) is 0 Å². The maximum absolute atomic E-state index is 11.8. The Hall–Kier alpha value is -1.31. The average Bonchev–Trinajstić information content (AvgIpc) is 2.74. The summed E-state index contributed by atoms with van der Waals surface area (Å²) in [6.45, 7) is 0.707. The summed E-state index contributed by atoms with van der Waals surface area (Å²) in [7, 11) is 0. The van der Waals surface area contributed by atoms with E-state index in [1.807, 2.05) is 0 Å².